The number of rotatable bonds is 8. The summed E-state index contributed by atoms with van der Waals surface area (Å²) in [6, 6.07) is 0. The van der Waals surface area contributed by atoms with Crippen LogP contribution in [0.4, 0.5) is 0 Å². The summed E-state index contributed by atoms with van der Waals surface area (Å²) < 4.78 is 0. The molecule has 0 spiro atoms. The first-order chi connectivity index (χ1) is 6.81. The third-order valence-electron chi connectivity index (χ3n) is 3.90. The highest BCUT2D eigenvalue weighted by Crippen LogP contribution is 2.33. The van der Waals surface area contributed by atoms with E-state index in [9.17, 15) is 0 Å². The third kappa shape index (κ3) is 7.24. The van der Waals surface area contributed by atoms with Gasteiger partial charge in [0.15, 0.2) is 0 Å². The second-order valence-corrected chi connectivity index (χ2v) is 6.12. The van der Waals surface area contributed by atoms with Crippen molar-refractivity contribution in [2.75, 3.05) is 0 Å². The smallest absolute Gasteiger partial charge is 0.0148 e. The first-order valence-corrected chi connectivity index (χ1v) is 6.60. The van der Waals surface area contributed by atoms with E-state index in [1.165, 1.54) is 44.9 Å². The van der Waals surface area contributed by atoms with Crippen LogP contribution >= 0.6 is 0 Å². The van der Waals surface area contributed by atoms with Crippen molar-refractivity contribution in [3.8, 4) is 0 Å². The molecule has 0 fully saturated rings. The number of hydrogen-bond acceptors (Lipinski definition) is 2. The molecular formula is C14H34N2. The first kappa shape index (κ1) is 18.3. The van der Waals surface area contributed by atoms with E-state index in [-0.39, 0.29) is 17.1 Å². The Morgan fingerprint density at radius 3 is 1.69 bits per heavy atom. The minimum Gasteiger partial charge on any atom is -0.344 e. The van der Waals surface area contributed by atoms with Gasteiger partial charge in [-0.3, -0.25) is 0 Å². The summed E-state index contributed by atoms with van der Waals surface area (Å²) in [6.45, 7) is 11.1. The van der Waals surface area contributed by atoms with Crippen molar-refractivity contribution in [3.63, 3.8) is 0 Å². The second-order valence-electron chi connectivity index (χ2n) is 6.12. The number of unbranched alkanes of at least 4 members (excludes halogenated alkanes) is 5. The predicted molar refractivity (Wildman–Crippen MR) is 75.1 cm³/mol. The maximum atomic E-state index is 6.18. The van der Waals surface area contributed by atoms with Crippen molar-refractivity contribution >= 4 is 0 Å². The Labute approximate surface area is 103 Å². The third-order valence-corrected chi connectivity index (χ3v) is 3.90. The molecule has 16 heavy (non-hydrogen) atoms. The molecule has 0 amide bonds. The van der Waals surface area contributed by atoms with Gasteiger partial charge < -0.3 is 11.9 Å². The fourth-order valence-corrected chi connectivity index (χ4v) is 1.67. The van der Waals surface area contributed by atoms with Gasteiger partial charge in [-0.15, -0.1) is 0 Å². The Kier molecular flexibility index (Phi) is 9.23. The zero-order valence-corrected chi connectivity index (χ0v) is 12.2. The van der Waals surface area contributed by atoms with Gasteiger partial charge in [-0.05, 0) is 25.7 Å². The van der Waals surface area contributed by atoms with Crippen LogP contribution in [-0.4, -0.2) is 5.54 Å². The lowest BCUT2D eigenvalue weighted by Crippen LogP contribution is -2.47. The van der Waals surface area contributed by atoms with E-state index >= 15 is 0 Å². The highest BCUT2D eigenvalue weighted by molar-refractivity contribution is 4.89. The normalized spacial score (nSPS) is 12.4. The van der Waals surface area contributed by atoms with Crippen LogP contribution in [0.5, 0.6) is 0 Å². The average molecular weight is 230 g/mol. The van der Waals surface area contributed by atoms with E-state index in [1.807, 2.05) is 0 Å². The molecule has 0 aliphatic rings. The molecule has 0 aromatic rings. The number of hydrogen-bond donors (Lipinski definition) is 2. The highest BCUT2D eigenvalue weighted by Gasteiger charge is 2.32. The molecule has 0 aromatic carbocycles. The Bertz CT molecular complexity index is 157. The Morgan fingerprint density at radius 2 is 1.25 bits per heavy atom. The standard InChI is InChI=1S/C14H31N.H3N/c1-6-7-8-9-10-11-12-13(2,3)14(4,5)15;/h6-12,15H2,1-5H3;1H3. The van der Waals surface area contributed by atoms with Crippen molar-refractivity contribution in [2.24, 2.45) is 11.1 Å². The molecule has 0 saturated heterocycles. The lowest BCUT2D eigenvalue weighted by Gasteiger charge is -2.38. The fourth-order valence-electron chi connectivity index (χ4n) is 1.67. The molecule has 0 aromatic heterocycles. The summed E-state index contributed by atoms with van der Waals surface area (Å²) in [5.74, 6) is 0. The van der Waals surface area contributed by atoms with Crippen molar-refractivity contribution < 1.29 is 0 Å². The van der Waals surface area contributed by atoms with Crippen molar-refractivity contribution in [1.82, 2.24) is 6.15 Å². The maximum absolute atomic E-state index is 6.18. The number of nitrogens with two attached hydrogens (primary N) is 1. The lowest BCUT2D eigenvalue weighted by molar-refractivity contribution is 0.180. The molecule has 0 rings (SSSR count). The van der Waals surface area contributed by atoms with Crippen molar-refractivity contribution in [3.05, 3.63) is 0 Å². The molecule has 0 saturated carbocycles. The van der Waals surface area contributed by atoms with Gasteiger partial charge in [0.25, 0.3) is 0 Å². The Balaban J connectivity index is 0. The summed E-state index contributed by atoms with van der Waals surface area (Å²) >= 11 is 0. The van der Waals surface area contributed by atoms with E-state index in [2.05, 4.69) is 34.6 Å². The average Bonchev–Trinajstić information content (AvgIpc) is 2.09. The summed E-state index contributed by atoms with van der Waals surface area (Å²) in [5, 5.41) is 0. The monoisotopic (exact) mass is 230 g/mol. The van der Waals surface area contributed by atoms with Crippen LogP contribution in [0, 0.1) is 5.41 Å². The Hall–Kier alpha value is -0.0800. The molecule has 2 nitrogen and oxygen atoms in total. The molecule has 0 unspecified atom stereocenters. The van der Waals surface area contributed by atoms with Crippen LogP contribution in [0.2, 0.25) is 0 Å². The summed E-state index contributed by atoms with van der Waals surface area (Å²) in [5.41, 5.74) is 6.38. The molecule has 5 N–H and O–H groups in total. The van der Waals surface area contributed by atoms with E-state index in [1.54, 1.807) is 0 Å². The van der Waals surface area contributed by atoms with Crippen LogP contribution in [0.15, 0.2) is 0 Å². The SMILES string of the molecule is CCCCCCCCC(C)(C)C(C)(C)N.N. The van der Waals surface area contributed by atoms with E-state index < -0.39 is 0 Å². The largest absolute Gasteiger partial charge is 0.344 e. The van der Waals surface area contributed by atoms with Gasteiger partial charge in [0, 0.05) is 5.54 Å². The fraction of sp³-hybridized carbons (Fsp3) is 1.00. The minimum absolute atomic E-state index is 0. The molecule has 0 radical (unpaired) electrons. The molecular weight excluding hydrogens is 196 g/mol. The molecule has 0 bridgehead atoms. The maximum Gasteiger partial charge on any atom is 0.0148 e. The molecule has 0 aliphatic heterocycles. The van der Waals surface area contributed by atoms with Crippen molar-refractivity contribution in [2.45, 2.75) is 85.1 Å². The topological polar surface area (TPSA) is 61.0 Å². The van der Waals surface area contributed by atoms with Gasteiger partial charge in [0.2, 0.25) is 0 Å². The van der Waals surface area contributed by atoms with Crippen molar-refractivity contribution in [1.29, 1.82) is 0 Å². The quantitative estimate of drug-likeness (QED) is 0.596. The van der Waals surface area contributed by atoms with E-state index in [0.717, 1.165) is 0 Å². The summed E-state index contributed by atoms with van der Waals surface area (Å²) in [7, 11) is 0. The van der Waals surface area contributed by atoms with Gasteiger partial charge >= 0.3 is 0 Å². The second kappa shape index (κ2) is 8.08. The van der Waals surface area contributed by atoms with Gasteiger partial charge in [-0.2, -0.15) is 0 Å². The highest BCUT2D eigenvalue weighted by atomic mass is 14.7. The van der Waals surface area contributed by atoms with Gasteiger partial charge in [0.1, 0.15) is 0 Å². The van der Waals surface area contributed by atoms with E-state index in [4.69, 9.17) is 5.73 Å². The van der Waals surface area contributed by atoms with Gasteiger partial charge in [-0.25, -0.2) is 0 Å². The lowest BCUT2D eigenvalue weighted by atomic mass is 9.72. The predicted octanol–water partition coefficient (Wildman–Crippen LogP) is 4.66. The summed E-state index contributed by atoms with van der Waals surface area (Å²) in [4.78, 5) is 0. The minimum atomic E-state index is -0.0591. The first-order valence-electron chi connectivity index (χ1n) is 6.60. The Morgan fingerprint density at radius 1 is 0.812 bits per heavy atom. The van der Waals surface area contributed by atoms with Crippen LogP contribution in [-0.2, 0) is 0 Å². The van der Waals surface area contributed by atoms with Crippen LogP contribution < -0.4 is 11.9 Å². The van der Waals surface area contributed by atoms with Gasteiger partial charge in [-0.1, -0.05) is 59.3 Å². The summed E-state index contributed by atoms with van der Waals surface area (Å²) in [6.07, 6.45) is 9.49. The molecule has 100 valence electrons. The van der Waals surface area contributed by atoms with Crippen LogP contribution in [0.3, 0.4) is 0 Å². The van der Waals surface area contributed by atoms with E-state index in [0.29, 0.717) is 0 Å². The molecule has 0 atom stereocenters. The zero-order valence-electron chi connectivity index (χ0n) is 12.2. The van der Waals surface area contributed by atoms with Crippen LogP contribution in [0.1, 0.15) is 79.6 Å². The van der Waals surface area contributed by atoms with Crippen LogP contribution in [0.25, 0.3) is 0 Å². The zero-order chi connectivity index (χ0) is 11.9. The molecule has 0 aliphatic carbocycles. The molecule has 2 heteroatoms. The van der Waals surface area contributed by atoms with Gasteiger partial charge in [0.05, 0.1) is 0 Å². The molecule has 0 heterocycles.